The average molecular weight is 487 g/mol. The number of alkyl halides is 2. The number of anilines is 1. The van der Waals surface area contributed by atoms with Gasteiger partial charge in [0.2, 0.25) is 0 Å². The molecule has 1 heterocycles. The summed E-state index contributed by atoms with van der Waals surface area (Å²) in [5.74, 6) is -1.60. The number of aromatic nitrogens is 2. The van der Waals surface area contributed by atoms with Crippen molar-refractivity contribution in [2.75, 3.05) is 12.4 Å². The van der Waals surface area contributed by atoms with Crippen LogP contribution in [0, 0.1) is 5.82 Å². The molecule has 1 aromatic heterocycles. The number of benzene rings is 3. The van der Waals surface area contributed by atoms with E-state index < -0.39 is 24.2 Å². The average Bonchev–Trinajstić information content (AvgIpc) is 3.17. The van der Waals surface area contributed by atoms with Gasteiger partial charge in [-0.1, -0.05) is 23.7 Å². The number of fused-ring (bicyclic) bond motifs is 1. The maximum Gasteiger partial charge on any atom is 0.320 e. The van der Waals surface area contributed by atoms with E-state index in [0.29, 0.717) is 5.52 Å². The van der Waals surface area contributed by atoms with Crippen molar-refractivity contribution in [3.63, 3.8) is 0 Å². The monoisotopic (exact) mass is 486 g/mol. The van der Waals surface area contributed by atoms with Gasteiger partial charge in [-0.05, 0) is 54.6 Å². The Morgan fingerprint density at radius 2 is 1.79 bits per heavy atom. The zero-order valence-electron chi connectivity index (χ0n) is 17.8. The van der Waals surface area contributed by atoms with Crippen molar-refractivity contribution in [2.24, 2.45) is 0 Å². The Morgan fingerprint density at radius 1 is 1.09 bits per heavy atom. The van der Waals surface area contributed by atoms with Crippen molar-refractivity contribution < 1.29 is 22.8 Å². The lowest BCUT2D eigenvalue weighted by Crippen LogP contribution is -2.29. The van der Waals surface area contributed by atoms with Crippen molar-refractivity contribution >= 4 is 40.1 Å². The minimum Gasteiger partial charge on any atom is -0.334 e. The van der Waals surface area contributed by atoms with E-state index >= 15 is 0 Å². The van der Waals surface area contributed by atoms with Crippen LogP contribution in [0.1, 0.15) is 33.1 Å². The maximum absolute atomic E-state index is 13.7. The Kier molecular flexibility index (Phi) is 6.56. The summed E-state index contributed by atoms with van der Waals surface area (Å²) in [4.78, 5) is 31.3. The van der Waals surface area contributed by atoms with Gasteiger partial charge in [0.05, 0.1) is 28.8 Å². The molecule has 0 aliphatic rings. The van der Waals surface area contributed by atoms with Crippen LogP contribution in [-0.4, -0.2) is 33.3 Å². The number of imidazole rings is 1. The van der Waals surface area contributed by atoms with Gasteiger partial charge in [-0.25, -0.2) is 9.37 Å². The number of rotatable bonds is 6. The molecule has 0 atom stereocenters. The van der Waals surface area contributed by atoms with Crippen LogP contribution < -0.4 is 5.32 Å². The summed E-state index contributed by atoms with van der Waals surface area (Å²) in [6, 6.07) is 15.7. The molecule has 3 aromatic carbocycles. The summed E-state index contributed by atoms with van der Waals surface area (Å²) in [5, 5.41) is 2.88. The van der Waals surface area contributed by atoms with Crippen LogP contribution in [0.25, 0.3) is 11.0 Å². The number of nitrogens with zero attached hydrogens (tertiary/aromatic N) is 3. The molecule has 1 N–H and O–H groups in total. The second kappa shape index (κ2) is 9.56. The first-order chi connectivity index (χ1) is 16.2. The molecule has 2 amide bonds. The van der Waals surface area contributed by atoms with Crippen LogP contribution >= 0.6 is 11.6 Å². The lowest BCUT2D eigenvalue weighted by molar-refractivity contribution is 0.0646. The highest BCUT2D eigenvalue weighted by molar-refractivity contribution is 6.31. The van der Waals surface area contributed by atoms with Crippen LogP contribution in [0.5, 0.6) is 0 Å². The third kappa shape index (κ3) is 4.74. The molecule has 0 saturated carbocycles. The summed E-state index contributed by atoms with van der Waals surface area (Å²) < 4.78 is 41.4. The molecule has 34 heavy (non-hydrogen) atoms. The van der Waals surface area contributed by atoms with Gasteiger partial charge in [-0.2, -0.15) is 8.78 Å². The van der Waals surface area contributed by atoms with Gasteiger partial charge in [0.1, 0.15) is 11.6 Å². The second-order valence-corrected chi connectivity index (χ2v) is 7.91. The molecule has 0 aliphatic carbocycles. The fourth-order valence-electron chi connectivity index (χ4n) is 3.52. The molecular weight excluding hydrogens is 469 g/mol. The number of carbonyl (C=O) groups excluding carboxylic acids is 2. The smallest absolute Gasteiger partial charge is 0.320 e. The van der Waals surface area contributed by atoms with E-state index in [1.54, 1.807) is 18.2 Å². The Balaban J connectivity index is 1.61. The van der Waals surface area contributed by atoms with Gasteiger partial charge in [0.15, 0.2) is 0 Å². The van der Waals surface area contributed by atoms with E-state index in [-0.39, 0.29) is 39.7 Å². The Bertz CT molecular complexity index is 1370. The molecular formula is C24H18ClF3N4O2. The predicted molar refractivity (Wildman–Crippen MR) is 123 cm³/mol. The molecule has 0 radical (unpaired) electrons. The van der Waals surface area contributed by atoms with E-state index in [0.717, 1.165) is 16.7 Å². The lowest BCUT2D eigenvalue weighted by atomic mass is 10.1. The van der Waals surface area contributed by atoms with Crippen LogP contribution in [0.15, 0.2) is 66.7 Å². The third-order valence-corrected chi connectivity index (χ3v) is 5.39. The molecule has 6 nitrogen and oxygen atoms in total. The Labute approximate surface area is 197 Å². The van der Waals surface area contributed by atoms with E-state index in [2.05, 4.69) is 10.3 Å². The van der Waals surface area contributed by atoms with E-state index in [1.165, 1.54) is 48.3 Å². The first-order valence-electron chi connectivity index (χ1n) is 10.1. The maximum atomic E-state index is 13.7. The zero-order valence-corrected chi connectivity index (χ0v) is 18.6. The lowest BCUT2D eigenvalue weighted by Gasteiger charge is -2.20. The quantitative estimate of drug-likeness (QED) is 0.377. The topological polar surface area (TPSA) is 67.2 Å². The number of hydrogen-bond acceptors (Lipinski definition) is 3. The summed E-state index contributed by atoms with van der Waals surface area (Å²) in [6.45, 7) is -3.04. The highest BCUT2D eigenvalue weighted by atomic mass is 35.5. The van der Waals surface area contributed by atoms with Crippen LogP contribution in [-0.2, 0) is 6.54 Å². The molecule has 174 valence electrons. The minimum absolute atomic E-state index is 0.0120. The van der Waals surface area contributed by atoms with Crippen molar-refractivity contribution in [3.8, 4) is 0 Å². The van der Waals surface area contributed by atoms with E-state index in [9.17, 15) is 22.8 Å². The summed E-state index contributed by atoms with van der Waals surface area (Å²) in [5.41, 5.74) is 1.05. The molecule has 0 unspecified atom stereocenters. The Hall–Kier alpha value is -3.85. The van der Waals surface area contributed by atoms with E-state index in [1.807, 2.05) is 0 Å². The zero-order chi connectivity index (χ0) is 24.4. The van der Waals surface area contributed by atoms with Crippen LogP contribution in [0.2, 0.25) is 5.02 Å². The standard InChI is InChI=1S/C24H18ClF3N4O2/c1-31(13-21-29-18-4-2-3-5-20(18)32(21)24(27)28)23(34)17-11-8-15(25)12-19(17)30-22(33)14-6-9-16(26)10-7-14/h2-12,24H,13H2,1H3,(H,30,33). The first kappa shape index (κ1) is 23.3. The minimum atomic E-state index is -2.84. The van der Waals surface area contributed by atoms with Crippen molar-refractivity contribution in [1.82, 2.24) is 14.5 Å². The molecule has 0 spiro atoms. The van der Waals surface area contributed by atoms with Gasteiger partial charge in [-0.3, -0.25) is 14.2 Å². The number of amides is 2. The van der Waals surface area contributed by atoms with Crippen molar-refractivity contribution in [1.29, 1.82) is 0 Å². The number of hydrogen-bond donors (Lipinski definition) is 1. The molecule has 0 bridgehead atoms. The van der Waals surface area contributed by atoms with Gasteiger partial charge in [-0.15, -0.1) is 0 Å². The third-order valence-electron chi connectivity index (χ3n) is 5.16. The van der Waals surface area contributed by atoms with E-state index in [4.69, 9.17) is 11.6 Å². The van der Waals surface area contributed by atoms with Crippen molar-refractivity contribution in [3.05, 3.63) is 94.5 Å². The predicted octanol–water partition coefficient (Wildman–Crippen LogP) is 5.75. The van der Waals surface area contributed by atoms with Crippen LogP contribution in [0.4, 0.5) is 18.9 Å². The molecule has 0 saturated heterocycles. The van der Waals surface area contributed by atoms with Crippen molar-refractivity contribution in [2.45, 2.75) is 13.1 Å². The van der Waals surface area contributed by atoms with Gasteiger partial charge in [0, 0.05) is 17.6 Å². The molecule has 4 rings (SSSR count). The first-order valence-corrected chi connectivity index (χ1v) is 10.5. The molecule has 0 fully saturated rings. The normalized spacial score (nSPS) is 11.1. The largest absolute Gasteiger partial charge is 0.334 e. The number of nitrogens with one attached hydrogen (secondary N) is 1. The molecule has 10 heteroatoms. The number of halogens is 4. The molecule has 4 aromatic rings. The highest BCUT2D eigenvalue weighted by Gasteiger charge is 2.23. The summed E-state index contributed by atoms with van der Waals surface area (Å²) in [6.07, 6.45) is 0. The fourth-order valence-corrected chi connectivity index (χ4v) is 3.69. The highest BCUT2D eigenvalue weighted by Crippen LogP contribution is 2.26. The fraction of sp³-hybridized carbons (Fsp3) is 0.125. The summed E-state index contributed by atoms with van der Waals surface area (Å²) >= 11 is 6.06. The summed E-state index contributed by atoms with van der Waals surface area (Å²) in [7, 11) is 1.44. The van der Waals surface area contributed by atoms with Gasteiger partial charge >= 0.3 is 6.55 Å². The number of para-hydroxylation sites is 2. The van der Waals surface area contributed by atoms with Gasteiger partial charge in [0.25, 0.3) is 11.8 Å². The second-order valence-electron chi connectivity index (χ2n) is 7.48. The van der Waals surface area contributed by atoms with Gasteiger partial charge < -0.3 is 10.2 Å². The molecule has 0 aliphatic heterocycles. The number of carbonyl (C=O) groups is 2. The SMILES string of the molecule is CN(Cc1nc2ccccc2n1C(F)F)C(=O)c1ccc(Cl)cc1NC(=O)c1ccc(F)cc1. The Morgan fingerprint density at radius 3 is 2.50 bits per heavy atom. The van der Waals surface area contributed by atoms with Crippen LogP contribution in [0.3, 0.4) is 0 Å².